The predicted octanol–water partition coefficient (Wildman–Crippen LogP) is 0.442. The molecule has 1 aliphatic rings. The van der Waals surface area contributed by atoms with E-state index in [1.165, 1.54) is 0 Å². The van der Waals surface area contributed by atoms with Gasteiger partial charge in [-0.15, -0.1) is 0 Å². The van der Waals surface area contributed by atoms with Crippen LogP contribution in [0.25, 0.3) is 11.4 Å². The molecule has 0 saturated heterocycles. The third-order valence-corrected chi connectivity index (χ3v) is 4.47. The van der Waals surface area contributed by atoms with Gasteiger partial charge in [0, 0.05) is 44.2 Å². The van der Waals surface area contributed by atoms with E-state index in [2.05, 4.69) is 9.97 Å². The van der Waals surface area contributed by atoms with Crippen molar-refractivity contribution in [2.75, 3.05) is 32.1 Å². The topological polar surface area (TPSA) is 146 Å². The van der Waals surface area contributed by atoms with E-state index in [9.17, 15) is 18.0 Å². The molecule has 0 aliphatic carbocycles. The van der Waals surface area contributed by atoms with Crippen LogP contribution in [0.5, 0.6) is 0 Å². The molecule has 174 valence electrons. The highest BCUT2D eigenvalue weighted by Gasteiger charge is 2.38. The minimum atomic E-state index is -5.08. The lowest BCUT2D eigenvalue weighted by Crippen LogP contribution is -2.47. The molecule has 32 heavy (non-hydrogen) atoms. The lowest BCUT2D eigenvalue weighted by atomic mass is 10.0. The van der Waals surface area contributed by atoms with Crippen LogP contribution in [0.2, 0.25) is 0 Å². The normalized spacial score (nSPS) is 14.0. The number of aliphatic hydroxyl groups is 1. The van der Waals surface area contributed by atoms with Crippen LogP contribution < -0.4 is 10.6 Å². The zero-order valence-electron chi connectivity index (χ0n) is 17.4. The average Bonchev–Trinajstić information content (AvgIpc) is 2.77. The number of rotatable bonds is 4. The molecule has 1 atom stereocenters. The number of alkyl halides is 3. The summed E-state index contributed by atoms with van der Waals surface area (Å²) in [7, 11) is 3.89. The number of carboxylic acids is 1. The van der Waals surface area contributed by atoms with Crippen molar-refractivity contribution in [2.24, 2.45) is 5.73 Å². The summed E-state index contributed by atoms with van der Waals surface area (Å²) in [5.41, 5.74) is 8.41. The molecule has 0 radical (unpaired) electrons. The van der Waals surface area contributed by atoms with Crippen molar-refractivity contribution in [3.63, 3.8) is 0 Å². The van der Waals surface area contributed by atoms with Gasteiger partial charge in [-0.05, 0) is 18.6 Å². The summed E-state index contributed by atoms with van der Waals surface area (Å²) in [6.45, 7) is 0.541. The average molecular weight is 456 g/mol. The number of aliphatic hydroxyl groups excluding tert-OH is 1. The summed E-state index contributed by atoms with van der Waals surface area (Å²) in [5, 5.41) is 16.3. The van der Waals surface area contributed by atoms with Crippen LogP contribution in [-0.4, -0.2) is 81.4 Å². The summed E-state index contributed by atoms with van der Waals surface area (Å²) in [6, 6.07) is 2.82. The molecule has 10 nitrogen and oxygen atoms in total. The van der Waals surface area contributed by atoms with E-state index in [-0.39, 0.29) is 12.5 Å². The fourth-order valence-corrected chi connectivity index (χ4v) is 2.91. The van der Waals surface area contributed by atoms with Crippen molar-refractivity contribution in [3.8, 4) is 11.4 Å². The second kappa shape index (κ2) is 10.3. The fraction of sp³-hybridized carbons (Fsp3) is 0.421. The monoisotopic (exact) mass is 456 g/mol. The Morgan fingerprint density at radius 1 is 1.25 bits per heavy atom. The van der Waals surface area contributed by atoms with Crippen LogP contribution in [0.4, 0.5) is 19.0 Å². The van der Waals surface area contributed by atoms with Crippen LogP contribution in [0.3, 0.4) is 0 Å². The number of halogens is 3. The highest BCUT2D eigenvalue weighted by Crippen LogP contribution is 2.28. The van der Waals surface area contributed by atoms with Crippen molar-refractivity contribution >= 4 is 17.7 Å². The number of aromatic nitrogens is 3. The van der Waals surface area contributed by atoms with Gasteiger partial charge in [-0.2, -0.15) is 13.2 Å². The second-order valence-corrected chi connectivity index (χ2v) is 7.03. The Bertz CT molecular complexity index is 956. The Labute approximate surface area is 181 Å². The van der Waals surface area contributed by atoms with E-state index in [4.69, 9.17) is 25.7 Å². The van der Waals surface area contributed by atoms with Crippen molar-refractivity contribution < 1.29 is 33.0 Å². The SMILES string of the molecule is CN(C)c1nc(-c2ccncc2)nc2c1CCN(C(=O)[C@H](N)CO)C2.O=C(O)C(F)(F)F. The van der Waals surface area contributed by atoms with Gasteiger partial charge in [0.25, 0.3) is 0 Å². The van der Waals surface area contributed by atoms with E-state index in [1.807, 2.05) is 31.1 Å². The maximum Gasteiger partial charge on any atom is 0.490 e. The van der Waals surface area contributed by atoms with Gasteiger partial charge in [-0.1, -0.05) is 0 Å². The van der Waals surface area contributed by atoms with Gasteiger partial charge in [-0.3, -0.25) is 9.78 Å². The number of carbonyl (C=O) groups excluding carboxylic acids is 1. The largest absolute Gasteiger partial charge is 0.490 e. The Morgan fingerprint density at radius 2 is 1.84 bits per heavy atom. The molecule has 0 aromatic carbocycles. The van der Waals surface area contributed by atoms with Crippen LogP contribution in [0, 0.1) is 0 Å². The molecule has 2 aromatic heterocycles. The number of hydrogen-bond donors (Lipinski definition) is 3. The first-order valence-corrected chi connectivity index (χ1v) is 9.38. The third-order valence-electron chi connectivity index (χ3n) is 4.47. The molecule has 0 bridgehead atoms. The summed E-state index contributed by atoms with van der Waals surface area (Å²) in [5.74, 6) is -1.56. The number of pyridine rings is 1. The molecule has 1 aliphatic heterocycles. The first kappa shape index (κ1) is 24.9. The Kier molecular flexibility index (Phi) is 8.05. The molecule has 0 fully saturated rings. The van der Waals surface area contributed by atoms with Gasteiger partial charge in [0.05, 0.1) is 18.8 Å². The summed E-state index contributed by atoms with van der Waals surface area (Å²) in [6.07, 6.45) is -1.03. The van der Waals surface area contributed by atoms with Crippen molar-refractivity contribution in [1.82, 2.24) is 19.9 Å². The molecule has 13 heteroatoms. The Morgan fingerprint density at radius 3 is 2.34 bits per heavy atom. The van der Waals surface area contributed by atoms with E-state index >= 15 is 0 Å². The van der Waals surface area contributed by atoms with Crippen molar-refractivity contribution in [3.05, 3.63) is 35.8 Å². The van der Waals surface area contributed by atoms with E-state index in [0.717, 1.165) is 22.6 Å². The lowest BCUT2D eigenvalue weighted by Gasteiger charge is -2.31. The van der Waals surface area contributed by atoms with Gasteiger partial charge in [-0.25, -0.2) is 14.8 Å². The molecule has 0 spiro atoms. The second-order valence-electron chi connectivity index (χ2n) is 7.03. The number of hydrogen-bond acceptors (Lipinski definition) is 8. The molecule has 0 unspecified atom stereocenters. The number of nitrogens with zero attached hydrogens (tertiary/aromatic N) is 5. The van der Waals surface area contributed by atoms with Gasteiger partial charge < -0.3 is 25.7 Å². The minimum absolute atomic E-state index is 0.261. The van der Waals surface area contributed by atoms with Crippen LogP contribution in [0.15, 0.2) is 24.5 Å². The smallest absolute Gasteiger partial charge is 0.475 e. The number of anilines is 1. The number of carboxylic acid groups (broad SMARTS) is 1. The first-order valence-electron chi connectivity index (χ1n) is 9.38. The van der Waals surface area contributed by atoms with E-state index in [0.29, 0.717) is 25.3 Å². The zero-order chi connectivity index (χ0) is 24.1. The fourth-order valence-electron chi connectivity index (χ4n) is 2.91. The van der Waals surface area contributed by atoms with Crippen LogP contribution in [-0.2, 0) is 22.6 Å². The highest BCUT2D eigenvalue weighted by molar-refractivity contribution is 5.82. The summed E-state index contributed by atoms with van der Waals surface area (Å²) in [4.78, 5) is 38.2. The third kappa shape index (κ3) is 6.11. The molecule has 4 N–H and O–H groups in total. The minimum Gasteiger partial charge on any atom is -0.475 e. The first-order chi connectivity index (χ1) is 15.0. The summed E-state index contributed by atoms with van der Waals surface area (Å²) < 4.78 is 31.7. The van der Waals surface area contributed by atoms with Gasteiger partial charge in [0.15, 0.2) is 5.82 Å². The van der Waals surface area contributed by atoms with E-state index < -0.39 is 18.2 Å². The lowest BCUT2D eigenvalue weighted by molar-refractivity contribution is -0.192. The molecule has 1 amide bonds. The number of aliphatic carboxylic acids is 1. The van der Waals surface area contributed by atoms with Crippen LogP contribution >= 0.6 is 0 Å². The standard InChI is InChI=1S/C17H22N6O2.C2HF3O2/c1-22(2)16-12-5-8-23(17(25)13(18)10-24)9-14(12)20-15(21-16)11-3-6-19-7-4-11;3-2(4,5)1(6)7/h3-4,6-7,13,24H,5,8-10,18H2,1-2H3;(H,6,7)/t13-;/m1./s1. The number of fused-ring (bicyclic) bond motifs is 1. The zero-order valence-corrected chi connectivity index (χ0v) is 17.4. The maximum atomic E-state index is 12.3. The van der Waals surface area contributed by atoms with Gasteiger partial charge >= 0.3 is 12.1 Å². The van der Waals surface area contributed by atoms with Crippen molar-refractivity contribution in [1.29, 1.82) is 0 Å². The Hall–Kier alpha value is -3.32. The quantitative estimate of drug-likeness (QED) is 0.597. The molecular weight excluding hydrogens is 433 g/mol. The molecule has 3 rings (SSSR count). The molecular formula is C19H23F3N6O4. The molecule has 2 aromatic rings. The number of amides is 1. The van der Waals surface area contributed by atoms with Gasteiger partial charge in [0.1, 0.15) is 11.9 Å². The Balaban J connectivity index is 0.000000451. The maximum absolute atomic E-state index is 12.3. The predicted molar refractivity (Wildman–Crippen MR) is 107 cm³/mol. The van der Waals surface area contributed by atoms with Crippen LogP contribution in [0.1, 0.15) is 11.3 Å². The molecule has 3 heterocycles. The van der Waals surface area contributed by atoms with Gasteiger partial charge in [0.2, 0.25) is 5.91 Å². The number of carbonyl (C=O) groups is 2. The van der Waals surface area contributed by atoms with Crippen molar-refractivity contribution in [2.45, 2.75) is 25.2 Å². The van der Waals surface area contributed by atoms with E-state index in [1.54, 1.807) is 17.3 Å². The summed E-state index contributed by atoms with van der Waals surface area (Å²) >= 11 is 0. The molecule has 0 saturated carbocycles. The number of nitrogens with two attached hydrogens (primary N) is 1. The highest BCUT2D eigenvalue weighted by atomic mass is 19.4.